The monoisotopic (exact) mass is 601 g/mol. The summed E-state index contributed by atoms with van der Waals surface area (Å²) in [4.78, 5) is 58.9. The van der Waals surface area contributed by atoms with Gasteiger partial charge in [0.2, 0.25) is 17.7 Å². The Balaban J connectivity index is 1.86. The number of likely N-dealkylation sites (tertiary alicyclic amines) is 1. The number of ether oxygens (including phenoxy) is 2. The summed E-state index contributed by atoms with van der Waals surface area (Å²) < 4.78 is 12.3. The SMILES string of the molecule is CC(C)C[C@H](CO)N1C(=O)[C@@H]2[C@H]3C(=O)O[C@@H](C)CNC(=O)CC/C=C\CN(C(C)(C)CC(C)(C)C)C(=O)[C@@H]1[C@]21C=C[C@H]3O1. The first-order valence-electron chi connectivity index (χ1n) is 15.8. The van der Waals surface area contributed by atoms with E-state index in [9.17, 15) is 19.5 Å². The second kappa shape index (κ2) is 12.3. The molecule has 1 spiro atoms. The minimum absolute atomic E-state index is 0.107. The summed E-state index contributed by atoms with van der Waals surface area (Å²) in [6.07, 6.45) is 7.94. The molecule has 10 heteroatoms. The number of carbonyl (C=O) groups is 4. The van der Waals surface area contributed by atoms with Crippen LogP contribution in [0.2, 0.25) is 0 Å². The Bertz CT molecular complexity index is 1160. The fourth-order valence-corrected chi connectivity index (χ4v) is 7.72. The van der Waals surface area contributed by atoms with Crippen molar-refractivity contribution in [2.45, 2.75) is 117 Å². The molecular formula is C33H51N3O7. The highest BCUT2D eigenvalue weighted by Gasteiger charge is 2.74. The quantitative estimate of drug-likeness (QED) is 0.354. The van der Waals surface area contributed by atoms with Crippen LogP contribution < -0.4 is 5.32 Å². The third-order valence-electron chi connectivity index (χ3n) is 9.02. The largest absolute Gasteiger partial charge is 0.460 e. The molecule has 4 heterocycles. The van der Waals surface area contributed by atoms with Gasteiger partial charge in [0.15, 0.2) is 0 Å². The molecule has 0 aromatic heterocycles. The van der Waals surface area contributed by atoms with Gasteiger partial charge < -0.3 is 29.7 Å². The van der Waals surface area contributed by atoms with Crippen LogP contribution in [0.5, 0.6) is 0 Å². The van der Waals surface area contributed by atoms with Crippen molar-refractivity contribution in [1.29, 1.82) is 0 Å². The van der Waals surface area contributed by atoms with Crippen LogP contribution in [-0.4, -0.2) is 93.7 Å². The second-order valence-corrected chi connectivity index (χ2v) is 15.0. The standard InChI is InChI=1S/C33H51N3O7/c1-20(2)16-22(18-37)36-27-29(40)35(32(7,8)19-31(4,5)6)15-11-9-10-12-24(38)34-17-21(3)42-30(41)25-23-13-14-33(27,43-23)26(25)28(36)39/h9,11,13-14,20-23,25-27,37H,10,12,15-19H2,1-8H3,(H,34,38)/b11-9-/t21-,22+,23+,25-,26-,27+,33-/m0/s1. The highest BCUT2D eigenvalue weighted by atomic mass is 16.6. The van der Waals surface area contributed by atoms with E-state index in [4.69, 9.17) is 9.47 Å². The number of carbonyl (C=O) groups excluding carboxylic acids is 4. The predicted octanol–water partition coefficient (Wildman–Crippen LogP) is 2.99. The van der Waals surface area contributed by atoms with E-state index >= 15 is 4.79 Å². The first-order chi connectivity index (χ1) is 20.0. The van der Waals surface area contributed by atoms with E-state index in [1.807, 2.05) is 39.8 Å². The molecule has 2 N–H and O–H groups in total. The van der Waals surface area contributed by atoms with E-state index in [0.29, 0.717) is 19.3 Å². The molecular weight excluding hydrogens is 550 g/mol. The van der Waals surface area contributed by atoms with Crippen LogP contribution in [0.3, 0.4) is 0 Å². The van der Waals surface area contributed by atoms with E-state index < -0.39 is 53.2 Å². The second-order valence-electron chi connectivity index (χ2n) is 15.0. The topological polar surface area (TPSA) is 125 Å². The lowest BCUT2D eigenvalue weighted by atomic mass is 9.74. The summed E-state index contributed by atoms with van der Waals surface area (Å²) in [5.41, 5.74) is -2.09. The summed E-state index contributed by atoms with van der Waals surface area (Å²) in [5.74, 6) is -3.18. The van der Waals surface area contributed by atoms with Gasteiger partial charge in [0.1, 0.15) is 23.7 Å². The Morgan fingerprint density at radius 1 is 1.09 bits per heavy atom. The average molecular weight is 602 g/mol. The van der Waals surface area contributed by atoms with E-state index in [1.165, 1.54) is 4.90 Å². The highest BCUT2D eigenvalue weighted by Crippen LogP contribution is 2.56. The average Bonchev–Trinajstić information content (AvgIpc) is 3.53. The minimum atomic E-state index is -1.36. The van der Waals surface area contributed by atoms with Gasteiger partial charge in [-0.05, 0) is 51.4 Å². The van der Waals surface area contributed by atoms with E-state index in [-0.39, 0.29) is 55.2 Å². The fourth-order valence-electron chi connectivity index (χ4n) is 7.72. The number of fused-ring (bicyclic) bond motifs is 2. The van der Waals surface area contributed by atoms with Crippen molar-refractivity contribution in [3.05, 3.63) is 24.3 Å². The van der Waals surface area contributed by atoms with Crippen molar-refractivity contribution in [3.8, 4) is 0 Å². The number of allylic oxidation sites excluding steroid dienone is 1. The molecule has 240 valence electrons. The van der Waals surface area contributed by atoms with Crippen LogP contribution in [0.4, 0.5) is 0 Å². The zero-order chi connectivity index (χ0) is 31.9. The van der Waals surface area contributed by atoms with Gasteiger partial charge in [-0.25, -0.2) is 0 Å². The van der Waals surface area contributed by atoms with Crippen LogP contribution in [0.25, 0.3) is 0 Å². The Morgan fingerprint density at radius 3 is 2.42 bits per heavy atom. The maximum absolute atomic E-state index is 15.0. The van der Waals surface area contributed by atoms with E-state index in [1.54, 1.807) is 24.0 Å². The van der Waals surface area contributed by atoms with Crippen molar-refractivity contribution < 1.29 is 33.8 Å². The van der Waals surface area contributed by atoms with Gasteiger partial charge in [-0.2, -0.15) is 0 Å². The lowest BCUT2D eigenvalue weighted by molar-refractivity contribution is -0.160. The molecule has 0 aromatic carbocycles. The van der Waals surface area contributed by atoms with Gasteiger partial charge in [0.05, 0.1) is 31.2 Å². The van der Waals surface area contributed by atoms with Crippen LogP contribution in [0, 0.1) is 23.2 Å². The summed E-state index contributed by atoms with van der Waals surface area (Å²) in [6.45, 7) is 16.2. The summed E-state index contributed by atoms with van der Waals surface area (Å²) in [5, 5.41) is 13.4. The highest BCUT2D eigenvalue weighted by molar-refractivity contribution is 5.99. The van der Waals surface area contributed by atoms with Crippen molar-refractivity contribution in [2.24, 2.45) is 23.2 Å². The summed E-state index contributed by atoms with van der Waals surface area (Å²) in [7, 11) is 0. The first-order valence-corrected chi connectivity index (χ1v) is 15.8. The normalized spacial score (nSPS) is 33.6. The Labute approximate surface area is 256 Å². The Hall–Kier alpha value is -2.72. The molecule has 10 nitrogen and oxygen atoms in total. The number of aliphatic hydroxyl groups is 1. The zero-order valence-corrected chi connectivity index (χ0v) is 27.1. The maximum Gasteiger partial charge on any atom is 0.313 e. The molecule has 2 saturated heterocycles. The lowest BCUT2D eigenvalue weighted by Crippen LogP contribution is -2.62. The molecule has 0 radical (unpaired) electrons. The number of aliphatic hydroxyl groups excluding tert-OH is 1. The number of amides is 3. The van der Waals surface area contributed by atoms with Crippen molar-refractivity contribution in [1.82, 2.24) is 15.1 Å². The number of rotatable bonds is 6. The number of nitrogens with zero attached hydrogens (tertiary/aromatic N) is 2. The number of hydrogen-bond donors (Lipinski definition) is 2. The molecule has 0 saturated carbocycles. The maximum atomic E-state index is 15.0. The molecule has 5 bridgehead atoms. The molecule has 3 amide bonds. The third kappa shape index (κ3) is 6.55. The molecule has 0 aliphatic carbocycles. The Kier molecular flexibility index (Phi) is 9.53. The fraction of sp³-hybridized carbons (Fsp3) is 0.758. The van der Waals surface area contributed by atoms with Crippen molar-refractivity contribution >= 4 is 23.7 Å². The van der Waals surface area contributed by atoms with E-state index in [0.717, 1.165) is 0 Å². The van der Waals surface area contributed by atoms with Crippen molar-refractivity contribution in [3.63, 3.8) is 0 Å². The minimum Gasteiger partial charge on any atom is -0.460 e. The molecule has 7 atom stereocenters. The third-order valence-corrected chi connectivity index (χ3v) is 9.02. The summed E-state index contributed by atoms with van der Waals surface area (Å²) in [6, 6.07) is -1.69. The van der Waals surface area contributed by atoms with Crippen LogP contribution in [0.1, 0.15) is 81.1 Å². The molecule has 0 unspecified atom stereocenters. The van der Waals surface area contributed by atoms with Crippen LogP contribution >= 0.6 is 0 Å². The zero-order valence-electron chi connectivity index (χ0n) is 27.1. The van der Waals surface area contributed by atoms with Gasteiger partial charge in [0.25, 0.3) is 0 Å². The molecule has 43 heavy (non-hydrogen) atoms. The molecule has 4 rings (SSSR count). The van der Waals surface area contributed by atoms with Crippen LogP contribution in [0.15, 0.2) is 24.3 Å². The van der Waals surface area contributed by atoms with Gasteiger partial charge in [-0.3, -0.25) is 19.2 Å². The number of hydrogen-bond acceptors (Lipinski definition) is 7. The van der Waals surface area contributed by atoms with Gasteiger partial charge in [0, 0.05) is 18.5 Å². The van der Waals surface area contributed by atoms with E-state index in [2.05, 4.69) is 26.1 Å². The van der Waals surface area contributed by atoms with Gasteiger partial charge in [-0.15, -0.1) is 0 Å². The number of cyclic esters (lactones) is 1. The summed E-state index contributed by atoms with van der Waals surface area (Å²) >= 11 is 0. The Morgan fingerprint density at radius 2 is 1.79 bits per heavy atom. The smallest absolute Gasteiger partial charge is 0.313 e. The van der Waals surface area contributed by atoms with Crippen LogP contribution in [-0.2, 0) is 28.7 Å². The predicted molar refractivity (Wildman–Crippen MR) is 161 cm³/mol. The van der Waals surface area contributed by atoms with Crippen molar-refractivity contribution in [2.75, 3.05) is 19.7 Å². The molecule has 4 aliphatic heterocycles. The molecule has 2 fully saturated rings. The van der Waals surface area contributed by atoms with Gasteiger partial charge in [-0.1, -0.05) is 58.9 Å². The lowest BCUT2D eigenvalue weighted by Gasteiger charge is -2.46. The molecule has 4 aliphatic rings. The number of esters is 1. The molecule has 0 aromatic rings. The van der Waals surface area contributed by atoms with Gasteiger partial charge >= 0.3 is 5.97 Å². The number of nitrogens with one attached hydrogen (secondary N) is 1. The first kappa shape index (κ1) is 33.2.